The van der Waals surface area contributed by atoms with Gasteiger partial charge in [-0.05, 0) is 86.8 Å². The maximum absolute atomic E-state index is 10.5. The van der Waals surface area contributed by atoms with Crippen LogP contribution in [-0.2, 0) is 12.8 Å². The zero-order valence-electron chi connectivity index (χ0n) is 18.7. The van der Waals surface area contributed by atoms with Gasteiger partial charge in [-0.2, -0.15) is 0 Å². The Labute approximate surface area is 180 Å². The molecule has 0 saturated heterocycles. The van der Waals surface area contributed by atoms with E-state index >= 15 is 0 Å². The summed E-state index contributed by atoms with van der Waals surface area (Å²) in [7, 11) is 0. The topological polar surface area (TPSA) is 65.2 Å². The van der Waals surface area contributed by atoms with E-state index in [2.05, 4.69) is 13.8 Å². The zero-order chi connectivity index (χ0) is 21.7. The largest absolute Gasteiger partial charge is 0.507 e. The summed E-state index contributed by atoms with van der Waals surface area (Å²) >= 11 is 0. The van der Waals surface area contributed by atoms with Crippen LogP contribution in [0.3, 0.4) is 0 Å². The fraction of sp³-hybridized carbons (Fsp3) is 0.462. The third kappa shape index (κ3) is 5.29. The Hall–Kier alpha value is -2.62. The van der Waals surface area contributed by atoms with E-state index in [1.807, 2.05) is 50.5 Å². The number of hydrogen-bond acceptors (Lipinski definition) is 4. The standard InChI is InChI=1S/C26H34N2O2/c1-5-19-10-17(3)12-21(25(19)29)15-27-23-8-7-9-24(14-23)28-16-22-13-18(4)11-20(6-2)26(22)30/h10-13,15-16,23-24,29-30H,5-9,14H2,1-4H3. The second-order valence-electron chi connectivity index (χ2n) is 8.46. The van der Waals surface area contributed by atoms with Crippen LogP contribution in [0, 0.1) is 13.8 Å². The van der Waals surface area contributed by atoms with Gasteiger partial charge in [0.1, 0.15) is 11.5 Å². The minimum atomic E-state index is 0.211. The van der Waals surface area contributed by atoms with Crippen LogP contribution in [0.4, 0.5) is 0 Å². The summed E-state index contributed by atoms with van der Waals surface area (Å²) in [6, 6.07) is 8.46. The fourth-order valence-electron chi connectivity index (χ4n) is 4.28. The molecule has 4 heteroatoms. The molecular formula is C26H34N2O2. The fourth-order valence-corrected chi connectivity index (χ4v) is 4.28. The van der Waals surface area contributed by atoms with Gasteiger partial charge in [0.15, 0.2) is 0 Å². The quantitative estimate of drug-likeness (QED) is 0.605. The van der Waals surface area contributed by atoms with Crippen LogP contribution in [0.5, 0.6) is 11.5 Å². The first-order valence-electron chi connectivity index (χ1n) is 11.1. The number of benzene rings is 2. The van der Waals surface area contributed by atoms with Gasteiger partial charge in [-0.25, -0.2) is 0 Å². The number of aliphatic imine (C=N–C) groups is 2. The highest BCUT2D eigenvalue weighted by molar-refractivity contribution is 5.85. The summed E-state index contributed by atoms with van der Waals surface area (Å²) in [5, 5.41) is 20.9. The van der Waals surface area contributed by atoms with E-state index in [0.717, 1.165) is 71.9 Å². The minimum absolute atomic E-state index is 0.211. The van der Waals surface area contributed by atoms with E-state index < -0.39 is 0 Å². The van der Waals surface area contributed by atoms with Crippen LogP contribution < -0.4 is 0 Å². The van der Waals surface area contributed by atoms with Crippen molar-refractivity contribution < 1.29 is 10.2 Å². The molecule has 2 aromatic carbocycles. The van der Waals surface area contributed by atoms with Crippen molar-refractivity contribution in [3.05, 3.63) is 57.6 Å². The minimum Gasteiger partial charge on any atom is -0.507 e. The molecule has 0 radical (unpaired) electrons. The molecule has 0 amide bonds. The smallest absolute Gasteiger partial charge is 0.127 e. The van der Waals surface area contributed by atoms with Crippen molar-refractivity contribution in [1.29, 1.82) is 0 Å². The summed E-state index contributed by atoms with van der Waals surface area (Å²) in [6.45, 7) is 8.20. The molecule has 0 heterocycles. The lowest BCUT2D eigenvalue weighted by molar-refractivity contribution is 0.397. The molecule has 0 aliphatic heterocycles. The number of phenolic OH excluding ortho intramolecular Hbond substituents is 2. The Balaban J connectivity index is 1.71. The first-order chi connectivity index (χ1) is 14.4. The Kier molecular flexibility index (Phi) is 7.30. The van der Waals surface area contributed by atoms with E-state index in [1.165, 1.54) is 0 Å². The van der Waals surface area contributed by atoms with Crippen LogP contribution in [0.1, 0.15) is 72.9 Å². The number of hydrogen-bond donors (Lipinski definition) is 2. The first-order valence-corrected chi connectivity index (χ1v) is 11.1. The van der Waals surface area contributed by atoms with Gasteiger partial charge in [-0.15, -0.1) is 0 Å². The lowest BCUT2D eigenvalue weighted by Crippen LogP contribution is -2.21. The third-order valence-corrected chi connectivity index (χ3v) is 5.95. The van der Waals surface area contributed by atoms with Crippen LogP contribution in [0.2, 0.25) is 0 Å². The van der Waals surface area contributed by atoms with E-state index in [0.29, 0.717) is 11.5 Å². The molecule has 0 bridgehead atoms. The summed E-state index contributed by atoms with van der Waals surface area (Å²) in [5.74, 6) is 0.692. The molecule has 1 fully saturated rings. The van der Waals surface area contributed by atoms with Crippen LogP contribution in [0.15, 0.2) is 34.3 Å². The summed E-state index contributed by atoms with van der Waals surface area (Å²) < 4.78 is 0. The molecule has 2 N–H and O–H groups in total. The van der Waals surface area contributed by atoms with Gasteiger partial charge in [0.05, 0.1) is 12.1 Å². The van der Waals surface area contributed by atoms with Crippen LogP contribution in [-0.4, -0.2) is 34.7 Å². The SMILES string of the molecule is CCc1cc(C)cc(C=NC2CCCC(N=Cc3cc(C)cc(CC)c3O)C2)c1O. The Bertz CT molecular complexity index is 871. The molecule has 30 heavy (non-hydrogen) atoms. The second-order valence-corrected chi connectivity index (χ2v) is 8.46. The highest BCUT2D eigenvalue weighted by Crippen LogP contribution is 2.28. The van der Waals surface area contributed by atoms with Crippen molar-refractivity contribution in [1.82, 2.24) is 0 Å². The number of rotatable bonds is 6. The molecule has 1 aliphatic carbocycles. The van der Waals surface area contributed by atoms with Gasteiger partial charge >= 0.3 is 0 Å². The van der Waals surface area contributed by atoms with Gasteiger partial charge < -0.3 is 10.2 Å². The maximum Gasteiger partial charge on any atom is 0.127 e. The highest BCUT2D eigenvalue weighted by Gasteiger charge is 2.20. The molecule has 1 aliphatic rings. The molecular weight excluding hydrogens is 372 g/mol. The van der Waals surface area contributed by atoms with Crippen LogP contribution in [0.25, 0.3) is 0 Å². The summed E-state index contributed by atoms with van der Waals surface area (Å²) in [4.78, 5) is 9.57. The second kappa shape index (κ2) is 9.92. The predicted octanol–water partition coefficient (Wildman–Crippen LogP) is 5.69. The van der Waals surface area contributed by atoms with Gasteiger partial charge in [0.25, 0.3) is 0 Å². The first kappa shape index (κ1) is 22.1. The van der Waals surface area contributed by atoms with Crippen molar-refractivity contribution in [2.75, 3.05) is 0 Å². The third-order valence-electron chi connectivity index (χ3n) is 5.95. The maximum atomic E-state index is 10.5. The number of phenols is 2. The molecule has 2 aromatic rings. The summed E-state index contributed by atoms with van der Waals surface area (Å²) in [5.41, 5.74) is 5.81. The van der Waals surface area contributed by atoms with Gasteiger partial charge in [0.2, 0.25) is 0 Å². The Morgan fingerprint density at radius 3 is 1.63 bits per heavy atom. The lowest BCUT2D eigenvalue weighted by Gasteiger charge is -2.24. The number of nitrogens with zero attached hydrogens (tertiary/aromatic N) is 2. The van der Waals surface area contributed by atoms with Gasteiger partial charge in [-0.1, -0.05) is 26.0 Å². The van der Waals surface area contributed by atoms with Crippen molar-refractivity contribution in [2.45, 2.75) is 78.3 Å². The van der Waals surface area contributed by atoms with E-state index in [-0.39, 0.29) is 12.1 Å². The van der Waals surface area contributed by atoms with Gasteiger partial charge in [0, 0.05) is 23.6 Å². The zero-order valence-corrected chi connectivity index (χ0v) is 18.7. The molecule has 3 rings (SSSR count). The van der Waals surface area contributed by atoms with Crippen molar-refractivity contribution in [3.8, 4) is 11.5 Å². The molecule has 160 valence electrons. The van der Waals surface area contributed by atoms with Crippen molar-refractivity contribution in [2.24, 2.45) is 9.98 Å². The highest BCUT2D eigenvalue weighted by atomic mass is 16.3. The van der Waals surface area contributed by atoms with Crippen molar-refractivity contribution in [3.63, 3.8) is 0 Å². The normalized spacial score (nSPS) is 19.7. The molecule has 1 saturated carbocycles. The molecule has 0 aromatic heterocycles. The molecule has 2 unspecified atom stereocenters. The monoisotopic (exact) mass is 406 g/mol. The number of aromatic hydroxyl groups is 2. The van der Waals surface area contributed by atoms with Crippen molar-refractivity contribution >= 4 is 12.4 Å². The number of aryl methyl sites for hydroxylation is 4. The molecule has 4 nitrogen and oxygen atoms in total. The van der Waals surface area contributed by atoms with E-state index in [1.54, 1.807) is 0 Å². The van der Waals surface area contributed by atoms with Crippen LogP contribution >= 0.6 is 0 Å². The Morgan fingerprint density at radius 2 is 1.23 bits per heavy atom. The predicted molar refractivity (Wildman–Crippen MR) is 126 cm³/mol. The average molecular weight is 407 g/mol. The Morgan fingerprint density at radius 1 is 0.800 bits per heavy atom. The lowest BCUT2D eigenvalue weighted by atomic mass is 9.91. The van der Waals surface area contributed by atoms with Gasteiger partial charge in [-0.3, -0.25) is 9.98 Å². The van der Waals surface area contributed by atoms with E-state index in [4.69, 9.17) is 9.98 Å². The molecule has 2 atom stereocenters. The van der Waals surface area contributed by atoms with E-state index in [9.17, 15) is 10.2 Å². The summed E-state index contributed by atoms with van der Waals surface area (Å²) in [6.07, 6.45) is 9.35. The molecule has 0 spiro atoms. The average Bonchev–Trinajstić information content (AvgIpc) is 2.74.